The van der Waals surface area contributed by atoms with Gasteiger partial charge in [-0.15, -0.1) is 16.4 Å². The number of aromatic nitrogens is 4. The first-order chi connectivity index (χ1) is 23.7. The average Bonchev–Trinajstić information content (AvgIpc) is 3.72. The number of nitrogens with two attached hydrogens (primary N) is 1. The molecule has 2 heterocycles. The molecule has 0 saturated heterocycles. The maximum atomic E-state index is 13.7. The second-order valence-corrected chi connectivity index (χ2v) is 13.6. The van der Waals surface area contributed by atoms with Crippen LogP contribution in [0.4, 0.5) is 17.6 Å². The van der Waals surface area contributed by atoms with E-state index in [0.29, 0.717) is 27.3 Å². The summed E-state index contributed by atoms with van der Waals surface area (Å²) in [6, 6.07) is 12.4. The molecule has 5 rings (SSSR count). The predicted molar refractivity (Wildman–Crippen MR) is 171 cm³/mol. The lowest BCUT2D eigenvalue weighted by atomic mass is 10.0. The van der Waals surface area contributed by atoms with Gasteiger partial charge in [0.15, 0.2) is 0 Å². The number of carbonyl (C=O) groups is 2. The summed E-state index contributed by atoms with van der Waals surface area (Å²) in [5.41, 5.74) is 0.656. The van der Waals surface area contributed by atoms with Crippen molar-refractivity contribution in [1.82, 2.24) is 25.3 Å². The smallest absolute Gasteiger partial charge is 0.416 e. The first-order valence-corrected chi connectivity index (χ1v) is 17.0. The van der Waals surface area contributed by atoms with Crippen molar-refractivity contribution in [2.24, 2.45) is 5.14 Å². The number of nitrogens with zero attached hydrogens (tertiary/aromatic N) is 4. The van der Waals surface area contributed by atoms with Crippen LogP contribution in [-0.2, 0) is 45.2 Å². The van der Waals surface area contributed by atoms with Gasteiger partial charge in [-0.2, -0.15) is 13.2 Å². The number of primary sulfonamides is 1. The number of carbonyl (C=O) groups excluding carboxylic acids is 1. The monoisotopic (exact) mass is 736 g/mol. The van der Waals surface area contributed by atoms with Crippen LogP contribution in [0.1, 0.15) is 28.4 Å². The Morgan fingerprint density at radius 3 is 2.28 bits per heavy atom. The second kappa shape index (κ2) is 15.2. The van der Waals surface area contributed by atoms with Gasteiger partial charge in [0.2, 0.25) is 10.2 Å². The van der Waals surface area contributed by atoms with Gasteiger partial charge in [0.05, 0.1) is 22.0 Å². The number of halogens is 4. The molecular weight excluding hydrogens is 709 g/mol. The summed E-state index contributed by atoms with van der Waals surface area (Å²) in [5.74, 6) is -1.42. The zero-order chi connectivity index (χ0) is 36.1. The van der Waals surface area contributed by atoms with Crippen LogP contribution in [0, 0.1) is 0 Å². The van der Waals surface area contributed by atoms with Gasteiger partial charge in [0, 0.05) is 12.8 Å². The molecule has 0 aliphatic heterocycles. The molecule has 1 amide bonds. The number of alkyl halides is 4. The van der Waals surface area contributed by atoms with Crippen molar-refractivity contribution < 1.29 is 50.1 Å². The normalized spacial score (nSPS) is 13.1. The number of nitrogens with one attached hydrogen (secondary N) is 1. The summed E-state index contributed by atoms with van der Waals surface area (Å²) in [7, 11) is -3.99. The van der Waals surface area contributed by atoms with Crippen molar-refractivity contribution in [1.29, 1.82) is 0 Å². The van der Waals surface area contributed by atoms with Crippen molar-refractivity contribution in [2.75, 3.05) is 13.3 Å². The molecule has 264 valence electrons. The van der Waals surface area contributed by atoms with Crippen molar-refractivity contribution in [3.05, 3.63) is 95.3 Å². The molecule has 0 radical (unpaired) electrons. The van der Waals surface area contributed by atoms with E-state index in [2.05, 4.69) is 20.6 Å². The van der Waals surface area contributed by atoms with Gasteiger partial charge in [0.1, 0.15) is 49.2 Å². The fourth-order valence-corrected chi connectivity index (χ4v) is 6.41. The minimum absolute atomic E-state index is 0.0000699. The molecule has 0 bridgehead atoms. The van der Waals surface area contributed by atoms with E-state index in [0.717, 1.165) is 35.6 Å². The highest BCUT2D eigenvalue weighted by molar-refractivity contribution is 7.91. The Labute approximate surface area is 285 Å². The number of hydrogen-bond acceptors (Lipinski definition) is 10. The number of hydrogen-bond donors (Lipinski definition) is 3. The van der Waals surface area contributed by atoms with E-state index in [4.69, 9.17) is 14.6 Å². The average molecular weight is 737 g/mol. The predicted octanol–water partition coefficient (Wildman–Crippen LogP) is 4.08. The van der Waals surface area contributed by atoms with Gasteiger partial charge in [-0.05, 0) is 53.6 Å². The van der Waals surface area contributed by atoms with Crippen molar-refractivity contribution in [2.45, 2.75) is 42.0 Å². The van der Waals surface area contributed by atoms with Gasteiger partial charge >= 0.3 is 12.1 Å². The number of fused-ring (bicyclic) bond motifs is 1. The Hall–Kier alpha value is -5.14. The number of sulfonamides is 1. The molecule has 0 aliphatic rings. The van der Waals surface area contributed by atoms with Gasteiger partial charge in [-0.3, -0.25) is 4.79 Å². The van der Waals surface area contributed by atoms with E-state index in [9.17, 15) is 40.7 Å². The maximum absolute atomic E-state index is 13.7. The summed E-state index contributed by atoms with van der Waals surface area (Å²) >= 11 is 0.873. The third-order valence-electron chi connectivity index (χ3n) is 7.18. The molecule has 2 atom stereocenters. The molecule has 2 aromatic heterocycles. The van der Waals surface area contributed by atoms with Gasteiger partial charge < -0.3 is 19.9 Å². The number of aliphatic carboxylic acids is 1. The number of carboxylic acids is 1. The van der Waals surface area contributed by atoms with E-state index in [1.54, 1.807) is 42.5 Å². The van der Waals surface area contributed by atoms with Gasteiger partial charge in [-0.1, -0.05) is 29.5 Å². The SMILES string of the molecule is NS(=O)(=O)c1nc2ccc(OCc3cn([C@@H](Cc4ccc(OCCF)cc4)C(=O)NC(Cc4ccc(C(F)(F)F)cc4)C(=O)O)nn3)cc2s1. The Morgan fingerprint density at radius 2 is 1.64 bits per heavy atom. The van der Waals surface area contributed by atoms with Crippen molar-refractivity contribution in [3.63, 3.8) is 0 Å². The first-order valence-electron chi connectivity index (χ1n) is 14.6. The molecule has 13 nitrogen and oxygen atoms in total. The Kier molecular flexibility index (Phi) is 11.0. The van der Waals surface area contributed by atoms with Crippen molar-refractivity contribution in [3.8, 4) is 11.5 Å². The molecule has 0 saturated carbocycles. The first kappa shape index (κ1) is 36.1. The number of ether oxygens (including phenoxy) is 2. The molecule has 19 heteroatoms. The number of thiazole rings is 1. The van der Waals surface area contributed by atoms with Crippen LogP contribution < -0.4 is 19.9 Å². The lowest BCUT2D eigenvalue weighted by Crippen LogP contribution is -2.46. The summed E-state index contributed by atoms with van der Waals surface area (Å²) in [4.78, 5) is 29.8. The van der Waals surface area contributed by atoms with E-state index >= 15 is 0 Å². The van der Waals surface area contributed by atoms with Crippen LogP contribution in [0.2, 0.25) is 0 Å². The third kappa shape index (κ3) is 9.30. The van der Waals surface area contributed by atoms with E-state index < -0.39 is 52.4 Å². The molecule has 0 fully saturated rings. The van der Waals surface area contributed by atoms with Gasteiger partial charge in [-0.25, -0.2) is 32.4 Å². The molecule has 0 spiro atoms. The zero-order valence-electron chi connectivity index (χ0n) is 25.7. The highest BCUT2D eigenvalue weighted by Crippen LogP contribution is 2.30. The molecule has 0 aliphatic carbocycles. The molecular formula is C31H28F4N6O7S2. The largest absolute Gasteiger partial charge is 0.491 e. The second-order valence-electron chi connectivity index (χ2n) is 10.8. The van der Waals surface area contributed by atoms with Crippen LogP contribution in [-0.4, -0.2) is 64.7 Å². The zero-order valence-corrected chi connectivity index (χ0v) is 27.3. The highest BCUT2D eigenvalue weighted by atomic mass is 32.2. The minimum atomic E-state index is -4.57. The number of amides is 1. The van der Waals surface area contributed by atoms with Crippen LogP contribution in [0.25, 0.3) is 10.2 Å². The molecule has 4 N–H and O–H groups in total. The Bertz CT molecular complexity index is 2070. The summed E-state index contributed by atoms with van der Waals surface area (Å²) in [6.07, 6.45) is -3.44. The van der Waals surface area contributed by atoms with Crippen LogP contribution in [0.3, 0.4) is 0 Å². The number of benzene rings is 3. The lowest BCUT2D eigenvalue weighted by molar-refractivity contribution is -0.142. The molecule has 3 aromatic carbocycles. The summed E-state index contributed by atoms with van der Waals surface area (Å²) < 4.78 is 87.4. The quantitative estimate of drug-likeness (QED) is 0.132. The summed E-state index contributed by atoms with van der Waals surface area (Å²) in [6.45, 7) is -0.940. The molecule has 1 unspecified atom stereocenters. The Balaban J connectivity index is 1.34. The standard InChI is InChI=1S/C31H28F4N6O7S2/c32-11-12-47-22-7-3-19(4-8-22)14-26(28(42)37-25(29(43)44)13-18-1-5-20(6-2-18)31(33,34)35)41-16-21(39-40-41)17-48-23-9-10-24-27(15-23)49-30(38-24)50(36,45)46/h1-10,15-16,25-26H,11-14,17H2,(H,37,42)(H,43,44)(H2,36,45,46)/t25?,26-/m0/s1. The lowest BCUT2D eigenvalue weighted by Gasteiger charge is -2.21. The van der Waals surface area contributed by atoms with E-state index in [1.165, 1.54) is 10.9 Å². The Morgan fingerprint density at radius 1 is 0.980 bits per heavy atom. The van der Waals surface area contributed by atoms with Crippen LogP contribution in [0.5, 0.6) is 11.5 Å². The number of rotatable bonds is 15. The van der Waals surface area contributed by atoms with E-state index in [-0.39, 0.29) is 41.7 Å². The van der Waals surface area contributed by atoms with Crippen LogP contribution in [0.15, 0.2) is 77.3 Å². The van der Waals surface area contributed by atoms with E-state index in [1.807, 2.05) is 0 Å². The van der Waals surface area contributed by atoms with Gasteiger partial charge in [0.25, 0.3) is 10.0 Å². The topological polar surface area (TPSA) is 189 Å². The summed E-state index contributed by atoms with van der Waals surface area (Å²) in [5, 5.41) is 25.6. The maximum Gasteiger partial charge on any atom is 0.416 e. The molecule has 5 aromatic rings. The third-order valence-corrected chi connectivity index (χ3v) is 9.52. The fraction of sp³-hybridized carbons (Fsp3) is 0.258. The fourth-order valence-electron chi connectivity index (χ4n) is 4.73. The number of carboxylic acid groups (broad SMARTS) is 1. The molecule has 50 heavy (non-hydrogen) atoms. The van der Waals surface area contributed by atoms with Crippen LogP contribution >= 0.6 is 11.3 Å². The highest BCUT2D eigenvalue weighted by Gasteiger charge is 2.31. The minimum Gasteiger partial charge on any atom is -0.491 e. The van der Waals surface area contributed by atoms with Crippen molar-refractivity contribution >= 4 is 43.5 Å².